The minimum atomic E-state index is -1.04. The first-order valence-corrected chi connectivity index (χ1v) is 13.3. The predicted octanol–water partition coefficient (Wildman–Crippen LogP) is 5.52. The zero-order chi connectivity index (χ0) is 29.6. The molecule has 5 aromatic rings. The van der Waals surface area contributed by atoms with E-state index in [0.717, 1.165) is 12.1 Å². The van der Waals surface area contributed by atoms with E-state index in [-0.39, 0.29) is 23.9 Å². The molecule has 6 rings (SSSR count). The molecule has 12 heteroatoms. The van der Waals surface area contributed by atoms with E-state index in [2.05, 4.69) is 15.1 Å². The zero-order valence-corrected chi connectivity index (χ0v) is 22.3. The number of aryl methyl sites for hydroxylation is 1. The highest BCUT2D eigenvalue weighted by atomic mass is 19.2. The van der Waals surface area contributed by atoms with Crippen LogP contribution in [0.3, 0.4) is 0 Å². The summed E-state index contributed by atoms with van der Waals surface area (Å²) in [7, 11) is 0. The molecule has 1 aliphatic heterocycles. The maximum absolute atomic E-state index is 13.7. The average Bonchev–Trinajstić information content (AvgIpc) is 3.56. The third kappa shape index (κ3) is 5.00. The van der Waals surface area contributed by atoms with Gasteiger partial charge >= 0.3 is 5.97 Å². The predicted molar refractivity (Wildman–Crippen MR) is 148 cm³/mol. The fourth-order valence-corrected chi connectivity index (χ4v) is 5.07. The van der Waals surface area contributed by atoms with E-state index in [0.29, 0.717) is 64.3 Å². The highest BCUT2D eigenvalue weighted by molar-refractivity contribution is 6.04. The van der Waals surface area contributed by atoms with Gasteiger partial charge in [0.2, 0.25) is 0 Å². The summed E-state index contributed by atoms with van der Waals surface area (Å²) in [5.41, 5.74) is 1.27. The number of oxime groups is 1. The second-order valence-electron chi connectivity index (χ2n) is 10.4. The van der Waals surface area contributed by atoms with Crippen molar-refractivity contribution < 1.29 is 27.9 Å². The van der Waals surface area contributed by atoms with Crippen LogP contribution in [0.15, 0.2) is 64.5 Å². The van der Waals surface area contributed by atoms with Gasteiger partial charge in [0.25, 0.3) is 5.56 Å². The summed E-state index contributed by atoms with van der Waals surface area (Å²) in [6.07, 6.45) is 1.48. The number of aliphatic carboxylic acids is 1. The summed E-state index contributed by atoms with van der Waals surface area (Å²) in [5, 5.41) is 13.6. The van der Waals surface area contributed by atoms with Crippen LogP contribution in [0.2, 0.25) is 0 Å². The molecular formula is C30H24F3N5O4. The molecule has 0 fully saturated rings. The first-order chi connectivity index (χ1) is 20.1. The van der Waals surface area contributed by atoms with E-state index < -0.39 is 29.0 Å². The monoisotopic (exact) mass is 575 g/mol. The van der Waals surface area contributed by atoms with E-state index in [1.807, 2.05) is 0 Å². The van der Waals surface area contributed by atoms with Gasteiger partial charge in [-0.05, 0) is 56.2 Å². The molecule has 3 heterocycles. The molecule has 0 aliphatic carbocycles. The van der Waals surface area contributed by atoms with Crippen LogP contribution >= 0.6 is 0 Å². The van der Waals surface area contributed by atoms with Crippen LogP contribution in [0.1, 0.15) is 49.8 Å². The minimum Gasteiger partial charge on any atom is -0.481 e. The molecule has 0 saturated carbocycles. The fourth-order valence-electron chi connectivity index (χ4n) is 5.07. The van der Waals surface area contributed by atoms with Crippen LogP contribution in [0.25, 0.3) is 27.6 Å². The number of unbranched alkanes of at least 4 members (excludes halogenated alkanes) is 1. The van der Waals surface area contributed by atoms with Crippen molar-refractivity contribution in [3.63, 3.8) is 0 Å². The van der Waals surface area contributed by atoms with Gasteiger partial charge in [0.15, 0.2) is 23.1 Å². The Morgan fingerprint density at radius 3 is 2.55 bits per heavy atom. The van der Waals surface area contributed by atoms with Crippen molar-refractivity contribution in [2.75, 3.05) is 0 Å². The number of imidazole rings is 1. The molecule has 0 bridgehead atoms. The Morgan fingerprint density at radius 1 is 1.02 bits per heavy atom. The van der Waals surface area contributed by atoms with Gasteiger partial charge in [0.1, 0.15) is 11.6 Å². The second-order valence-corrected chi connectivity index (χ2v) is 10.4. The van der Waals surface area contributed by atoms with Crippen LogP contribution in [-0.4, -0.2) is 36.3 Å². The highest BCUT2D eigenvalue weighted by Crippen LogP contribution is 2.36. The van der Waals surface area contributed by atoms with Crippen molar-refractivity contribution >= 4 is 33.6 Å². The number of carboxylic acid groups (broad SMARTS) is 1. The molecule has 0 radical (unpaired) electrons. The van der Waals surface area contributed by atoms with E-state index in [1.165, 1.54) is 28.8 Å². The second kappa shape index (κ2) is 10.4. The van der Waals surface area contributed by atoms with Crippen LogP contribution in [0, 0.1) is 17.5 Å². The Morgan fingerprint density at radius 2 is 1.79 bits per heavy atom. The van der Waals surface area contributed by atoms with Gasteiger partial charge in [-0.2, -0.15) is 0 Å². The van der Waals surface area contributed by atoms with Gasteiger partial charge in [-0.15, -0.1) is 0 Å². The maximum Gasteiger partial charge on any atom is 0.303 e. The number of aromatic amines is 1. The third-order valence-electron chi connectivity index (χ3n) is 7.28. The summed E-state index contributed by atoms with van der Waals surface area (Å²) in [6, 6.07) is 12.6. The summed E-state index contributed by atoms with van der Waals surface area (Å²) in [4.78, 5) is 42.5. The van der Waals surface area contributed by atoms with Crippen molar-refractivity contribution in [1.29, 1.82) is 0 Å². The fraction of sp³-hybridized carbons (Fsp3) is 0.233. The molecule has 2 aromatic heterocycles. The van der Waals surface area contributed by atoms with Gasteiger partial charge in [-0.25, -0.2) is 23.1 Å². The summed E-state index contributed by atoms with van der Waals surface area (Å²) >= 11 is 0. The normalized spacial score (nSPS) is 16.6. The van der Waals surface area contributed by atoms with Crippen LogP contribution in [0.4, 0.5) is 13.2 Å². The number of nitrogens with one attached hydrogen (secondary N) is 1. The van der Waals surface area contributed by atoms with Crippen molar-refractivity contribution in [1.82, 2.24) is 19.5 Å². The number of hydrogen-bond acceptors (Lipinski definition) is 6. The summed E-state index contributed by atoms with van der Waals surface area (Å²) < 4.78 is 42.4. The van der Waals surface area contributed by atoms with Gasteiger partial charge in [-0.1, -0.05) is 11.2 Å². The van der Waals surface area contributed by atoms with Crippen molar-refractivity contribution in [3.8, 4) is 5.69 Å². The van der Waals surface area contributed by atoms with Crippen molar-refractivity contribution in [2.45, 2.75) is 44.6 Å². The number of carboxylic acids is 1. The molecular weight excluding hydrogens is 551 g/mol. The zero-order valence-electron chi connectivity index (χ0n) is 22.3. The lowest BCUT2D eigenvalue weighted by Crippen LogP contribution is -2.25. The number of halogens is 3. The molecule has 1 atom stereocenters. The Balaban J connectivity index is 1.34. The Bertz CT molecular complexity index is 1910. The highest BCUT2D eigenvalue weighted by Gasteiger charge is 2.40. The number of benzene rings is 3. The van der Waals surface area contributed by atoms with E-state index in [4.69, 9.17) is 14.9 Å². The Labute approximate surface area is 236 Å². The lowest BCUT2D eigenvalue weighted by molar-refractivity contribution is -0.137. The summed E-state index contributed by atoms with van der Waals surface area (Å²) in [5.74, 6) is -2.57. The molecule has 9 nitrogen and oxygen atoms in total. The molecule has 0 spiro atoms. The maximum atomic E-state index is 13.7. The van der Waals surface area contributed by atoms with E-state index in [9.17, 15) is 22.8 Å². The first-order valence-electron chi connectivity index (χ1n) is 13.3. The Hall–Kier alpha value is -5.00. The molecule has 0 saturated heterocycles. The SMILES string of the molecule is C[C@@]1(c2nc3cc(F)c(F)cc3[nH]2)CC(c2ccc3c(=O)n(-c4ccc(F)cc4)c(CCCCC(=O)O)nc3c2)=NO1. The number of nitrogens with zero attached hydrogens (tertiary/aromatic N) is 4. The first kappa shape index (κ1) is 27.2. The van der Waals surface area contributed by atoms with Crippen molar-refractivity contribution in [2.24, 2.45) is 5.16 Å². The molecule has 214 valence electrons. The van der Waals surface area contributed by atoms with Crippen LogP contribution in [0.5, 0.6) is 0 Å². The third-order valence-corrected chi connectivity index (χ3v) is 7.28. The summed E-state index contributed by atoms with van der Waals surface area (Å²) in [6.45, 7) is 1.75. The van der Waals surface area contributed by atoms with E-state index in [1.54, 1.807) is 25.1 Å². The number of aromatic nitrogens is 4. The van der Waals surface area contributed by atoms with Crippen LogP contribution < -0.4 is 5.56 Å². The lowest BCUT2D eigenvalue weighted by atomic mass is 9.95. The van der Waals surface area contributed by atoms with Gasteiger partial charge in [0, 0.05) is 37.0 Å². The van der Waals surface area contributed by atoms with Gasteiger partial charge < -0.3 is 14.9 Å². The largest absolute Gasteiger partial charge is 0.481 e. The molecule has 0 amide bonds. The number of carbonyl (C=O) groups is 1. The quantitative estimate of drug-likeness (QED) is 0.235. The molecule has 0 unspecified atom stereocenters. The van der Waals surface area contributed by atoms with Gasteiger partial charge in [0.05, 0.1) is 33.3 Å². The van der Waals surface area contributed by atoms with E-state index >= 15 is 0 Å². The van der Waals surface area contributed by atoms with Crippen LogP contribution in [-0.2, 0) is 21.7 Å². The Kier molecular flexibility index (Phi) is 6.76. The average molecular weight is 576 g/mol. The smallest absolute Gasteiger partial charge is 0.303 e. The molecule has 42 heavy (non-hydrogen) atoms. The van der Waals surface area contributed by atoms with Gasteiger partial charge in [-0.3, -0.25) is 14.2 Å². The molecule has 2 N–H and O–H groups in total. The topological polar surface area (TPSA) is 122 Å². The number of H-pyrrole nitrogens is 1. The standard InChI is InChI=1S/C30H24F3N5O4/c1-30(29-35-23-13-20(32)21(33)14-24(23)36-29)15-25(37-42-30)16-6-11-19-22(12-16)34-26(4-2-3-5-27(39)40)38(28(19)41)18-9-7-17(31)8-10-18/h6-14H,2-5,15H2,1H3,(H,35,36)(H,39,40)/t30-/m0/s1. The number of rotatable bonds is 8. The number of hydrogen-bond donors (Lipinski definition) is 2. The lowest BCUT2D eigenvalue weighted by Gasteiger charge is -2.18. The number of fused-ring (bicyclic) bond motifs is 2. The molecule has 3 aromatic carbocycles. The molecule has 1 aliphatic rings. The minimum absolute atomic E-state index is 0.00773. The van der Waals surface area contributed by atoms with Crippen molar-refractivity contribution in [3.05, 3.63) is 99.6 Å².